The summed E-state index contributed by atoms with van der Waals surface area (Å²) in [6, 6.07) is 0. The molecule has 1 saturated carbocycles. The molecule has 56 valence electrons. The minimum absolute atomic E-state index is 0.406. The van der Waals surface area contributed by atoms with Crippen molar-refractivity contribution in [2.75, 3.05) is 20.1 Å². The Morgan fingerprint density at radius 3 is 2.30 bits per heavy atom. The summed E-state index contributed by atoms with van der Waals surface area (Å²) in [5, 5.41) is 0. The Hall–Kier alpha value is -0.370. The van der Waals surface area contributed by atoms with Gasteiger partial charge in [-0.2, -0.15) is 0 Å². The number of fused-ring (bicyclic) bond motifs is 1. The molecule has 0 amide bonds. The first-order valence-electron chi connectivity index (χ1n) is 3.89. The van der Waals surface area contributed by atoms with E-state index in [1.807, 2.05) is 0 Å². The average molecular weight is 139 g/mol. The standard InChI is InChI=1S/C8H13NO/c1-5(10)8-6-3-9(2)4-7(6)8/h6-8H,3-4H2,1-2H3/t6-,7+,8+. The van der Waals surface area contributed by atoms with Crippen LogP contribution in [0.5, 0.6) is 0 Å². The third kappa shape index (κ3) is 0.717. The van der Waals surface area contributed by atoms with Crippen molar-refractivity contribution in [3.63, 3.8) is 0 Å². The zero-order valence-electron chi connectivity index (χ0n) is 6.50. The summed E-state index contributed by atoms with van der Waals surface area (Å²) in [7, 11) is 2.13. The van der Waals surface area contributed by atoms with E-state index < -0.39 is 0 Å². The molecule has 2 aliphatic rings. The SMILES string of the molecule is CC(=O)[C@H]1[C@@H]2CN(C)C[C@@H]21. The predicted octanol–water partition coefficient (Wildman–Crippen LogP) is 0.383. The molecule has 1 aliphatic heterocycles. The second kappa shape index (κ2) is 1.82. The van der Waals surface area contributed by atoms with Gasteiger partial charge in [-0.3, -0.25) is 4.79 Å². The molecular weight excluding hydrogens is 126 g/mol. The van der Waals surface area contributed by atoms with Crippen molar-refractivity contribution in [1.29, 1.82) is 0 Å². The number of Topliss-reactive ketones (excluding diaryl/α,β-unsaturated/α-hetero) is 1. The van der Waals surface area contributed by atoms with Gasteiger partial charge in [-0.15, -0.1) is 0 Å². The monoisotopic (exact) mass is 139 g/mol. The molecule has 0 N–H and O–H groups in total. The van der Waals surface area contributed by atoms with Crippen molar-refractivity contribution in [2.24, 2.45) is 17.8 Å². The molecule has 2 heteroatoms. The third-order valence-electron chi connectivity index (χ3n) is 2.85. The van der Waals surface area contributed by atoms with Gasteiger partial charge in [-0.25, -0.2) is 0 Å². The Morgan fingerprint density at radius 2 is 1.90 bits per heavy atom. The van der Waals surface area contributed by atoms with Crippen LogP contribution in [0.3, 0.4) is 0 Å². The van der Waals surface area contributed by atoms with Gasteiger partial charge in [0.25, 0.3) is 0 Å². The van der Waals surface area contributed by atoms with Gasteiger partial charge in [-0.05, 0) is 25.8 Å². The van der Waals surface area contributed by atoms with Gasteiger partial charge in [0.1, 0.15) is 5.78 Å². The van der Waals surface area contributed by atoms with E-state index in [-0.39, 0.29) is 0 Å². The minimum Gasteiger partial charge on any atom is -0.306 e. The summed E-state index contributed by atoms with van der Waals surface area (Å²) < 4.78 is 0. The van der Waals surface area contributed by atoms with Gasteiger partial charge >= 0.3 is 0 Å². The van der Waals surface area contributed by atoms with Gasteiger partial charge in [0.2, 0.25) is 0 Å². The molecule has 0 radical (unpaired) electrons. The Labute approximate surface area is 61.2 Å². The van der Waals surface area contributed by atoms with E-state index in [1.165, 1.54) is 0 Å². The highest BCUT2D eigenvalue weighted by Crippen LogP contribution is 2.51. The molecule has 0 unspecified atom stereocenters. The van der Waals surface area contributed by atoms with Crippen LogP contribution in [0.15, 0.2) is 0 Å². The maximum atomic E-state index is 10.9. The highest BCUT2D eigenvalue weighted by molar-refractivity contribution is 5.82. The molecule has 0 aromatic heterocycles. The molecule has 3 atom stereocenters. The van der Waals surface area contributed by atoms with E-state index in [0.29, 0.717) is 11.7 Å². The van der Waals surface area contributed by atoms with E-state index >= 15 is 0 Å². The first-order valence-corrected chi connectivity index (χ1v) is 3.89. The Balaban J connectivity index is 1.98. The summed E-state index contributed by atoms with van der Waals surface area (Å²) in [5.41, 5.74) is 0. The number of hydrogen-bond acceptors (Lipinski definition) is 2. The second-order valence-corrected chi connectivity index (χ2v) is 3.69. The maximum Gasteiger partial charge on any atom is 0.133 e. The number of piperidine rings is 1. The van der Waals surface area contributed by atoms with Crippen LogP contribution >= 0.6 is 0 Å². The van der Waals surface area contributed by atoms with Crippen LogP contribution in [0.25, 0.3) is 0 Å². The second-order valence-electron chi connectivity index (χ2n) is 3.69. The zero-order valence-corrected chi connectivity index (χ0v) is 6.50. The molecule has 0 aromatic rings. The number of likely N-dealkylation sites (tertiary alicyclic amines) is 1. The third-order valence-corrected chi connectivity index (χ3v) is 2.85. The van der Waals surface area contributed by atoms with Gasteiger partial charge in [0.05, 0.1) is 0 Å². The van der Waals surface area contributed by atoms with E-state index in [2.05, 4.69) is 11.9 Å². The molecule has 2 nitrogen and oxygen atoms in total. The molecule has 2 fully saturated rings. The molecule has 0 aromatic carbocycles. The molecule has 0 spiro atoms. The van der Waals surface area contributed by atoms with Crippen LogP contribution < -0.4 is 0 Å². The first-order chi connectivity index (χ1) is 4.70. The fourth-order valence-corrected chi connectivity index (χ4v) is 2.34. The number of carbonyl (C=O) groups excluding carboxylic acids is 1. The normalized spacial score (nSPS) is 45.2. The topological polar surface area (TPSA) is 20.3 Å². The van der Waals surface area contributed by atoms with Gasteiger partial charge < -0.3 is 4.90 Å². The van der Waals surface area contributed by atoms with Crippen LogP contribution in [-0.4, -0.2) is 30.8 Å². The van der Waals surface area contributed by atoms with Crippen molar-refractivity contribution in [2.45, 2.75) is 6.92 Å². The summed E-state index contributed by atoms with van der Waals surface area (Å²) in [6.07, 6.45) is 0. The number of nitrogens with zero attached hydrogens (tertiary/aromatic N) is 1. The van der Waals surface area contributed by atoms with Crippen molar-refractivity contribution in [3.05, 3.63) is 0 Å². The lowest BCUT2D eigenvalue weighted by Crippen LogP contribution is -2.20. The van der Waals surface area contributed by atoms with Crippen LogP contribution in [0.4, 0.5) is 0 Å². The quantitative estimate of drug-likeness (QED) is 0.523. The average Bonchev–Trinajstić information content (AvgIpc) is 2.32. The van der Waals surface area contributed by atoms with E-state index in [1.54, 1.807) is 6.92 Å². The first kappa shape index (κ1) is 6.35. The molecule has 1 heterocycles. The predicted molar refractivity (Wildman–Crippen MR) is 38.6 cm³/mol. The van der Waals surface area contributed by atoms with Crippen molar-refractivity contribution in [1.82, 2.24) is 4.90 Å². The van der Waals surface area contributed by atoms with Gasteiger partial charge in [0, 0.05) is 19.0 Å². The van der Waals surface area contributed by atoms with Crippen LogP contribution in [-0.2, 0) is 4.79 Å². The molecule has 10 heavy (non-hydrogen) atoms. The Morgan fingerprint density at radius 1 is 1.40 bits per heavy atom. The van der Waals surface area contributed by atoms with Crippen molar-refractivity contribution < 1.29 is 4.79 Å². The molecule has 0 bridgehead atoms. The minimum atomic E-state index is 0.406. The van der Waals surface area contributed by atoms with Crippen LogP contribution in [0.2, 0.25) is 0 Å². The van der Waals surface area contributed by atoms with E-state index in [4.69, 9.17) is 0 Å². The van der Waals surface area contributed by atoms with Gasteiger partial charge in [-0.1, -0.05) is 0 Å². The molecule has 2 rings (SSSR count). The number of hydrogen-bond donors (Lipinski definition) is 0. The smallest absolute Gasteiger partial charge is 0.133 e. The van der Waals surface area contributed by atoms with E-state index in [9.17, 15) is 4.79 Å². The lowest BCUT2D eigenvalue weighted by molar-refractivity contribution is -0.119. The summed E-state index contributed by atoms with van der Waals surface area (Å²) in [4.78, 5) is 13.2. The highest BCUT2D eigenvalue weighted by Gasteiger charge is 2.56. The summed E-state index contributed by atoms with van der Waals surface area (Å²) >= 11 is 0. The molecule has 1 saturated heterocycles. The van der Waals surface area contributed by atoms with Crippen molar-refractivity contribution in [3.8, 4) is 0 Å². The lowest BCUT2D eigenvalue weighted by atomic mass is 10.2. The summed E-state index contributed by atoms with van der Waals surface area (Å²) in [5.74, 6) is 2.30. The van der Waals surface area contributed by atoms with E-state index in [0.717, 1.165) is 24.9 Å². The maximum absolute atomic E-state index is 10.9. The number of rotatable bonds is 1. The highest BCUT2D eigenvalue weighted by atomic mass is 16.1. The largest absolute Gasteiger partial charge is 0.306 e. The van der Waals surface area contributed by atoms with Crippen LogP contribution in [0, 0.1) is 17.8 Å². The van der Waals surface area contributed by atoms with Crippen LogP contribution in [0.1, 0.15) is 6.92 Å². The Kier molecular flexibility index (Phi) is 1.15. The Bertz CT molecular complexity index is 166. The fourth-order valence-electron chi connectivity index (χ4n) is 2.34. The lowest BCUT2D eigenvalue weighted by Gasteiger charge is -2.10. The fraction of sp³-hybridized carbons (Fsp3) is 0.875. The number of carbonyl (C=O) groups is 1. The van der Waals surface area contributed by atoms with Gasteiger partial charge in [0.15, 0.2) is 0 Å². The molecule has 1 aliphatic carbocycles. The van der Waals surface area contributed by atoms with Crippen molar-refractivity contribution >= 4 is 5.78 Å². The molecular formula is C8H13NO. The number of ketones is 1. The zero-order chi connectivity index (χ0) is 7.30. The summed E-state index contributed by atoms with van der Waals surface area (Å²) in [6.45, 7) is 4.02.